The molecule has 0 aliphatic rings. The molecule has 5 nitrogen and oxygen atoms in total. The Morgan fingerprint density at radius 2 is 2.14 bits per heavy atom. The number of anilines is 1. The maximum absolute atomic E-state index is 12.1. The van der Waals surface area contributed by atoms with Crippen molar-refractivity contribution in [2.75, 3.05) is 18.9 Å². The molecule has 0 aliphatic heterocycles. The predicted octanol–water partition coefficient (Wildman–Crippen LogP) is 2.11. The van der Waals surface area contributed by atoms with Crippen molar-refractivity contribution in [3.05, 3.63) is 47.3 Å². The molecule has 2 rings (SSSR count). The number of carbonyl (C=O) groups excluding carboxylic acids is 1. The number of hydrogen-bond acceptors (Lipinski definition) is 3. The largest absolute Gasteiger partial charge is 0.325 e. The number of nitrogens with one attached hydrogen (secondary N) is 1. The van der Waals surface area contributed by atoms with Gasteiger partial charge in [-0.25, -0.2) is 0 Å². The van der Waals surface area contributed by atoms with Gasteiger partial charge in [-0.3, -0.25) is 14.4 Å². The molecule has 1 heterocycles. The molecule has 1 N–H and O–H groups in total. The Bertz CT molecular complexity index is 633. The van der Waals surface area contributed by atoms with E-state index in [9.17, 15) is 4.79 Å². The number of carbonyl (C=O) groups is 1. The Balaban J connectivity index is 1.90. The molecule has 0 fully saturated rings. The summed E-state index contributed by atoms with van der Waals surface area (Å²) in [7, 11) is 3.81. The van der Waals surface area contributed by atoms with E-state index >= 15 is 0 Å². The second-order valence-electron chi connectivity index (χ2n) is 5.56. The molecule has 0 unspecified atom stereocenters. The zero-order valence-corrected chi connectivity index (χ0v) is 13.1. The van der Waals surface area contributed by atoms with Crippen molar-refractivity contribution in [1.82, 2.24) is 14.7 Å². The summed E-state index contributed by atoms with van der Waals surface area (Å²) >= 11 is 0. The quantitative estimate of drug-likeness (QED) is 0.916. The van der Waals surface area contributed by atoms with Crippen LogP contribution in [0.3, 0.4) is 0 Å². The number of amides is 1. The van der Waals surface area contributed by atoms with Crippen LogP contribution in [0.15, 0.2) is 30.6 Å². The van der Waals surface area contributed by atoms with Gasteiger partial charge in [0.25, 0.3) is 0 Å². The van der Waals surface area contributed by atoms with Crippen LogP contribution < -0.4 is 5.32 Å². The molecule has 0 spiro atoms. The van der Waals surface area contributed by atoms with E-state index in [4.69, 9.17) is 0 Å². The minimum absolute atomic E-state index is 0.00455. The molecule has 0 radical (unpaired) electrons. The van der Waals surface area contributed by atoms with E-state index in [2.05, 4.69) is 10.4 Å². The second-order valence-corrected chi connectivity index (χ2v) is 5.56. The van der Waals surface area contributed by atoms with Crippen molar-refractivity contribution < 1.29 is 4.79 Å². The third-order valence-electron chi connectivity index (χ3n) is 3.29. The summed E-state index contributed by atoms with van der Waals surface area (Å²) in [5.74, 6) is -0.00455. The highest BCUT2D eigenvalue weighted by Crippen LogP contribution is 2.16. The van der Waals surface area contributed by atoms with Gasteiger partial charge in [0.2, 0.25) is 5.91 Å². The van der Waals surface area contributed by atoms with Crippen molar-refractivity contribution in [1.29, 1.82) is 0 Å². The van der Waals surface area contributed by atoms with E-state index < -0.39 is 0 Å². The zero-order valence-electron chi connectivity index (χ0n) is 13.1. The van der Waals surface area contributed by atoms with E-state index in [0.717, 1.165) is 22.4 Å². The Kier molecular flexibility index (Phi) is 4.75. The Morgan fingerprint density at radius 1 is 1.38 bits per heavy atom. The minimum atomic E-state index is -0.00455. The van der Waals surface area contributed by atoms with E-state index in [1.807, 2.05) is 63.4 Å². The van der Waals surface area contributed by atoms with Crippen molar-refractivity contribution in [2.45, 2.75) is 20.4 Å². The first-order valence-corrected chi connectivity index (χ1v) is 6.97. The maximum atomic E-state index is 12.1. The smallest absolute Gasteiger partial charge is 0.238 e. The van der Waals surface area contributed by atoms with E-state index in [-0.39, 0.29) is 5.91 Å². The van der Waals surface area contributed by atoms with Crippen LogP contribution in [0, 0.1) is 13.8 Å². The summed E-state index contributed by atoms with van der Waals surface area (Å²) in [5.41, 5.74) is 4.19. The van der Waals surface area contributed by atoms with Crippen molar-refractivity contribution >= 4 is 11.6 Å². The van der Waals surface area contributed by atoms with Crippen LogP contribution in [0.2, 0.25) is 0 Å². The van der Waals surface area contributed by atoms with Crippen LogP contribution in [-0.4, -0.2) is 34.2 Å². The van der Waals surface area contributed by atoms with Gasteiger partial charge in [0.05, 0.1) is 12.7 Å². The van der Waals surface area contributed by atoms with Crippen LogP contribution in [0.5, 0.6) is 0 Å². The third-order valence-corrected chi connectivity index (χ3v) is 3.29. The fourth-order valence-corrected chi connectivity index (χ4v) is 2.23. The first-order chi connectivity index (χ1) is 9.94. The zero-order chi connectivity index (χ0) is 15.4. The average molecular weight is 286 g/mol. The number of rotatable bonds is 5. The summed E-state index contributed by atoms with van der Waals surface area (Å²) in [4.78, 5) is 14.1. The lowest BCUT2D eigenvalue weighted by atomic mass is 10.1. The van der Waals surface area contributed by atoms with Crippen LogP contribution >= 0.6 is 0 Å². The number of benzene rings is 1. The monoisotopic (exact) mass is 286 g/mol. The molecule has 0 atom stereocenters. The van der Waals surface area contributed by atoms with Crippen LogP contribution in [-0.2, 0) is 18.4 Å². The van der Waals surface area contributed by atoms with Crippen molar-refractivity contribution in [2.24, 2.45) is 7.05 Å². The lowest BCUT2D eigenvalue weighted by Gasteiger charge is -2.16. The molecule has 112 valence electrons. The van der Waals surface area contributed by atoms with Gasteiger partial charge in [-0.15, -0.1) is 0 Å². The number of nitrogens with zero attached hydrogens (tertiary/aromatic N) is 3. The van der Waals surface area contributed by atoms with E-state index in [1.54, 1.807) is 4.68 Å². The molecule has 0 bridgehead atoms. The molecule has 0 saturated heterocycles. The van der Waals surface area contributed by atoms with E-state index in [1.165, 1.54) is 0 Å². The molecule has 2 aromatic rings. The molecular weight excluding hydrogens is 264 g/mol. The highest BCUT2D eigenvalue weighted by Gasteiger charge is 2.09. The molecule has 1 aromatic heterocycles. The summed E-state index contributed by atoms with van der Waals surface area (Å²) in [5, 5.41) is 7.10. The predicted molar refractivity (Wildman–Crippen MR) is 84.1 cm³/mol. The SMILES string of the molecule is Cc1ccc(C)c(NC(=O)CN(C)Cc2cnn(C)c2)c1. The van der Waals surface area contributed by atoms with Gasteiger partial charge >= 0.3 is 0 Å². The Hall–Kier alpha value is -2.14. The second kappa shape index (κ2) is 6.54. The van der Waals surface area contributed by atoms with Gasteiger partial charge in [0, 0.05) is 31.0 Å². The number of aromatic nitrogens is 2. The van der Waals surface area contributed by atoms with Gasteiger partial charge in [-0.05, 0) is 38.1 Å². The Morgan fingerprint density at radius 3 is 2.81 bits per heavy atom. The molecule has 5 heteroatoms. The fraction of sp³-hybridized carbons (Fsp3) is 0.375. The summed E-state index contributed by atoms with van der Waals surface area (Å²) in [6, 6.07) is 6.05. The molecule has 0 saturated carbocycles. The normalized spacial score (nSPS) is 10.9. The van der Waals surface area contributed by atoms with Gasteiger partial charge in [0.1, 0.15) is 0 Å². The van der Waals surface area contributed by atoms with Crippen molar-refractivity contribution in [3.63, 3.8) is 0 Å². The van der Waals surface area contributed by atoms with Crippen molar-refractivity contribution in [3.8, 4) is 0 Å². The van der Waals surface area contributed by atoms with Gasteiger partial charge in [-0.1, -0.05) is 12.1 Å². The van der Waals surface area contributed by atoms with E-state index in [0.29, 0.717) is 13.1 Å². The fourth-order valence-electron chi connectivity index (χ4n) is 2.23. The summed E-state index contributed by atoms with van der Waals surface area (Å²) in [6.07, 6.45) is 3.78. The molecule has 1 aromatic carbocycles. The highest BCUT2D eigenvalue weighted by molar-refractivity contribution is 5.93. The maximum Gasteiger partial charge on any atom is 0.238 e. The Labute approximate surface area is 125 Å². The molecule has 0 aliphatic carbocycles. The van der Waals surface area contributed by atoms with Crippen LogP contribution in [0.25, 0.3) is 0 Å². The van der Waals surface area contributed by atoms with Gasteiger partial charge in [-0.2, -0.15) is 5.10 Å². The third kappa shape index (κ3) is 4.43. The molecule has 21 heavy (non-hydrogen) atoms. The molecule has 1 amide bonds. The summed E-state index contributed by atoms with van der Waals surface area (Å²) < 4.78 is 1.76. The first kappa shape index (κ1) is 15.3. The minimum Gasteiger partial charge on any atom is -0.325 e. The number of likely N-dealkylation sites (N-methyl/N-ethyl adjacent to an activating group) is 1. The number of hydrogen-bond donors (Lipinski definition) is 1. The number of aryl methyl sites for hydroxylation is 3. The van der Waals surface area contributed by atoms with Crippen LogP contribution in [0.1, 0.15) is 16.7 Å². The first-order valence-electron chi connectivity index (χ1n) is 6.97. The van der Waals surface area contributed by atoms with Crippen LogP contribution in [0.4, 0.5) is 5.69 Å². The average Bonchev–Trinajstić information content (AvgIpc) is 2.79. The lowest BCUT2D eigenvalue weighted by molar-refractivity contribution is -0.117. The van der Waals surface area contributed by atoms with Gasteiger partial charge in [0.15, 0.2) is 0 Å². The standard InChI is InChI=1S/C16H22N4O/c1-12-5-6-13(2)15(7-12)18-16(21)11-19(3)9-14-8-17-20(4)10-14/h5-8,10H,9,11H2,1-4H3,(H,18,21). The molecular formula is C16H22N4O. The highest BCUT2D eigenvalue weighted by atomic mass is 16.2. The lowest BCUT2D eigenvalue weighted by Crippen LogP contribution is -2.30. The topological polar surface area (TPSA) is 50.2 Å². The van der Waals surface area contributed by atoms with Gasteiger partial charge < -0.3 is 5.32 Å². The summed E-state index contributed by atoms with van der Waals surface area (Å²) in [6.45, 7) is 5.06.